The van der Waals surface area contributed by atoms with E-state index >= 15 is 0 Å². The van der Waals surface area contributed by atoms with E-state index in [9.17, 15) is 9.59 Å². The Morgan fingerprint density at radius 1 is 1.16 bits per heavy atom. The van der Waals surface area contributed by atoms with Crippen LogP contribution >= 0.6 is 0 Å². The van der Waals surface area contributed by atoms with Gasteiger partial charge in [0, 0.05) is 50.3 Å². The molecule has 1 aromatic heterocycles. The Bertz CT molecular complexity index is 626. The number of hydrogen-bond donors (Lipinski definition) is 1. The van der Waals surface area contributed by atoms with Crippen LogP contribution in [0.15, 0.2) is 18.6 Å². The molecule has 0 radical (unpaired) electrons. The van der Waals surface area contributed by atoms with E-state index in [0.29, 0.717) is 25.0 Å². The van der Waals surface area contributed by atoms with E-state index in [2.05, 4.69) is 20.2 Å². The Morgan fingerprint density at radius 2 is 1.92 bits per heavy atom. The van der Waals surface area contributed by atoms with Gasteiger partial charge in [0.15, 0.2) is 0 Å². The molecular weight excluding hydrogens is 318 g/mol. The van der Waals surface area contributed by atoms with Crippen molar-refractivity contribution in [1.82, 2.24) is 20.2 Å². The fraction of sp³-hybridized carbons (Fsp3) is 0.667. The highest BCUT2D eigenvalue weighted by atomic mass is 16.2. The van der Waals surface area contributed by atoms with Gasteiger partial charge in [-0.1, -0.05) is 0 Å². The van der Waals surface area contributed by atoms with Crippen LogP contribution in [-0.2, 0) is 9.59 Å². The van der Waals surface area contributed by atoms with Gasteiger partial charge in [0.1, 0.15) is 12.1 Å². The smallest absolute Gasteiger partial charge is 0.226 e. The second-order valence-corrected chi connectivity index (χ2v) is 7.30. The van der Waals surface area contributed by atoms with Crippen LogP contribution in [0.4, 0.5) is 5.82 Å². The number of anilines is 1. The SMILES string of the molecule is O=C1CC(C(=O)N2CCC(N(c3ccncn3)C3CC3)CC2)CCN1. The highest BCUT2D eigenvalue weighted by Crippen LogP contribution is 2.35. The van der Waals surface area contributed by atoms with Crippen molar-refractivity contribution in [1.29, 1.82) is 0 Å². The molecular formula is C18H25N5O2. The molecule has 2 saturated heterocycles. The van der Waals surface area contributed by atoms with Crippen molar-refractivity contribution in [3.63, 3.8) is 0 Å². The van der Waals surface area contributed by atoms with Gasteiger partial charge in [-0.2, -0.15) is 0 Å². The van der Waals surface area contributed by atoms with Crippen molar-refractivity contribution < 1.29 is 9.59 Å². The molecule has 1 unspecified atom stereocenters. The third-order valence-electron chi connectivity index (χ3n) is 5.54. The van der Waals surface area contributed by atoms with Gasteiger partial charge in [-0.05, 0) is 38.2 Å². The number of carbonyl (C=O) groups is 2. The number of nitrogens with zero attached hydrogens (tertiary/aromatic N) is 4. The number of amides is 2. The molecule has 0 spiro atoms. The molecule has 7 heteroatoms. The summed E-state index contributed by atoms with van der Waals surface area (Å²) in [6.45, 7) is 2.17. The summed E-state index contributed by atoms with van der Waals surface area (Å²) in [4.78, 5) is 37.1. The van der Waals surface area contributed by atoms with Crippen LogP contribution in [0.25, 0.3) is 0 Å². The topological polar surface area (TPSA) is 78.4 Å². The lowest BCUT2D eigenvalue weighted by molar-refractivity contribution is -0.141. The molecule has 1 saturated carbocycles. The van der Waals surface area contributed by atoms with Gasteiger partial charge in [-0.15, -0.1) is 0 Å². The minimum atomic E-state index is -0.133. The highest BCUT2D eigenvalue weighted by Gasteiger charge is 2.38. The first kappa shape index (κ1) is 16.3. The van der Waals surface area contributed by atoms with Crippen molar-refractivity contribution in [2.75, 3.05) is 24.5 Å². The van der Waals surface area contributed by atoms with Crippen LogP contribution in [0.5, 0.6) is 0 Å². The lowest BCUT2D eigenvalue weighted by atomic mass is 9.94. The minimum Gasteiger partial charge on any atom is -0.356 e. The molecule has 2 aliphatic heterocycles. The first-order chi connectivity index (χ1) is 12.2. The molecule has 1 atom stereocenters. The van der Waals surface area contributed by atoms with Gasteiger partial charge in [0.05, 0.1) is 0 Å². The van der Waals surface area contributed by atoms with E-state index < -0.39 is 0 Å². The largest absolute Gasteiger partial charge is 0.356 e. The van der Waals surface area contributed by atoms with Gasteiger partial charge in [-0.25, -0.2) is 9.97 Å². The van der Waals surface area contributed by atoms with Crippen molar-refractivity contribution in [2.24, 2.45) is 5.92 Å². The molecule has 7 nitrogen and oxygen atoms in total. The van der Waals surface area contributed by atoms with Crippen molar-refractivity contribution in [3.8, 4) is 0 Å². The highest BCUT2D eigenvalue weighted by molar-refractivity contribution is 5.87. The summed E-state index contributed by atoms with van der Waals surface area (Å²) in [6.07, 6.45) is 8.88. The quantitative estimate of drug-likeness (QED) is 0.881. The Morgan fingerprint density at radius 3 is 2.56 bits per heavy atom. The minimum absolute atomic E-state index is 0.00292. The molecule has 3 heterocycles. The fourth-order valence-corrected chi connectivity index (χ4v) is 4.08. The normalized spacial score (nSPS) is 24.7. The molecule has 1 aliphatic carbocycles. The maximum Gasteiger partial charge on any atom is 0.226 e. The molecule has 3 fully saturated rings. The van der Waals surface area contributed by atoms with Gasteiger partial charge in [0.25, 0.3) is 0 Å². The van der Waals surface area contributed by atoms with E-state index in [1.807, 2.05) is 11.0 Å². The summed E-state index contributed by atoms with van der Waals surface area (Å²) >= 11 is 0. The van der Waals surface area contributed by atoms with Gasteiger partial charge < -0.3 is 15.1 Å². The lowest BCUT2D eigenvalue weighted by Gasteiger charge is -2.40. The van der Waals surface area contributed by atoms with Crippen LogP contribution < -0.4 is 10.2 Å². The summed E-state index contributed by atoms with van der Waals surface area (Å²) in [5.74, 6) is 1.04. The molecule has 1 aromatic rings. The monoisotopic (exact) mass is 343 g/mol. The zero-order valence-corrected chi connectivity index (χ0v) is 14.4. The van der Waals surface area contributed by atoms with E-state index in [0.717, 1.165) is 38.2 Å². The second-order valence-electron chi connectivity index (χ2n) is 7.30. The van der Waals surface area contributed by atoms with Crippen LogP contribution in [0.1, 0.15) is 38.5 Å². The zero-order chi connectivity index (χ0) is 17.2. The molecule has 2 amide bonds. The Kier molecular flexibility index (Phi) is 4.55. The van der Waals surface area contributed by atoms with E-state index in [4.69, 9.17) is 0 Å². The average molecular weight is 343 g/mol. The van der Waals surface area contributed by atoms with Gasteiger partial charge in [-0.3, -0.25) is 9.59 Å². The standard InChI is InChI=1S/C18H25N5O2/c24-17-11-13(3-8-20-17)18(25)22-9-5-15(6-10-22)23(14-1-2-14)16-4-7-19-12-21-16/h4,7,12-15H,1-3,5-6,8-11H2,(H,20,24). The molecule has 134 valence electrons. The molecule has 0 bridgehead atoms. The first-order valence-electron chi connectivity index (χ1n) is 9.32. The predicted molar refractivity (Wildman–Crippen MR) is 92.9 cm³/mol. The number of hydrogen-bond acceptors (Lipinski definition) is 5. The predicted octanol–water partition coefficient (Wildman–Crippen LogP) is 0.963. The number of aromatic nitrogens is 2. The molecule has 4 rings (SSSR count). The molecule has 25 heavy (non-hydrogen) atoms. The first-order valence-corrected chi connectivity index (χ1v) is 9.32. The van der Waals surface area contributed by atoms with Crippen molar-refractivity contribution in [2.45, 2.75) is 50.6 Å². The summed E-state index contributed by atoms with van der Waals surface area (Å²) in [5, 5.41) is 2.80. The Hall–Kier alpha value is -2.18. The van der Waals surface area contributed by atoms with Crippen molar-refractivity contribution in [3.05, 3.63) is 18.6 Å². The number of rotatable bonds is 4. The van der Waals surface area contributed by atoms with Crippen LogP contribution in [0, 0.1) is 5.92 Å². The number of nitrogens with one attached hydrogen (secondary N) is 1. The molecule has 1 N–H and O–H groups in total. The summed E-state index contributed by atoms with van der Waals surface area (Å²) < 4.78 is 0. The van der Waals surface area contributed by atoms with Gasteiger partial charge in [0.2, 0.25) is 11.8 Å². The summed E-state index contributed by atoms with van der Waals surface area (Å²) in [7, 11) is 0. The van der Waals surface area contributed by atoms with Crippen LogP contribution in [0.2, 0.25) is 0 Å². The molecule has 0 aromatic carbocycles. The summed E-state index contributed by atoms with van der Waals surface area (Å²) in [5.41, 5.74) is 0. The summed E-state index contributed by atoms with van der Waals surface area (Å²) in [6, 6.07) is 3.00. The average Bonchev–Trinajstić information content (AvgIpc) is 3.48. The van der Waals surface area contributed by atoms with E-state index in [1.54, 1.807) is 12.5 Å². The van der Waals surface area contributed by atoms with E-state index in [-0.39, 0.29) is 17.7 Å². The number of likely N-dealkylation sites (tertiary alicyclic amines) is 1. The third kappa shape index (κ3) is 3.60. The van der Waals surface area contributed by atoms with E-state index in [1.165, 1.54) is 12.8 Å². The van der Waals surface area contributed by atoms with Crippen LogP contribution in [-0.4, -0.2) is 58.4 Å². The number of carbonyl (C=O) groups excluding carboxylic acids is 2. The van der Waals surface area contributed by atoms with Crippen LogP contribution in [0.3, 0.4) is 0 Å². The molecule has 3 aliphatic rings. The third-order valence-corrected chi connectivity index (χ3v) is 5.54. The maximum atomic E-state index is 12.7. The number of piperidine rings is 2. The Balaban J connectivity index is 1.37. The maximum absolute atomic E-state index is 12.7. The zero-order valence-electron chi connectivity index (χ0n) is 14.4. The lowest BCUT2D eigenvalue weighted by Crippen LogP contribution is -2.50. The van der Waals surface area contributed by atoms with Gasteiger partial charge >= 0.3 is 0 Å². The fourth-order valence-electron chi connectivity index (χ4n) is 4.08. The second kappa shape index (κ2) is 6.98. The Labute approximate surface area is 147 Å². The van der Waals surface area contributed by atoms with Crippen molar-refractivity contribution >= 4 is 17.6 Å².